The van der Waals surface area contributed by atoms with Crippen molar-refractivity contribution >= 4 is 21.8 Å². The van der Waals surface area contributed by atoms with Crippen LogP contribution in [0.5, 0.6) is 0 Å². The average molecular weight is 337 g/mol. The number of hydrogen-bond donors (Lipinski definition) is 2. The molecular weight excluding hydrogens is 320 g/mol. The van der Waals surface area contributed by atoms with Gasteiger partial charge in [0.15, 0.2) is 0 Å². The number of nitrogens with one attached hydrogen (secondary N) is 1. The van der Waals surface area contributed by atoms with Gasteiger partial charge in [0.1, 0.15) is 5.82 Å². The van der Waals surface area contributed by atoms with E-state index in [4.69, 9.17) is 5.84 Å². The summed E-state index contributed by atoms with van der Waals surface area (Å²) in [5.41, 5.74) is 3.73. The van der Waals surface area contributed by atoms with Gasteiger partial charge < -0.3 is 4.57 Å². The number of benzene rings is 1. The van der Waals surface area contributed by atoms with Crippen molar-refractivity contribution in [3.05, 3.63) is 52.0 Å². The van der Waals surface area contributed by atoms with E-state index in [-0.39, 0.29) is 5.91 Å². The standard InChI is InChI=1S/C14H17BrN4O/c1-9(2)13-17-5-6-19(13)8-11-4-3-10(7-12(11)15)14(20)18-16/h3-7,9H,8,16H2,1-2H3,(H,18,20). The lowest BCUT2D eigenvalue weighted by molar-refractivity contribution is 0.0953. The lowest BCUT2D eigenvalue weighted by atomic mass is 10.1. The van der Waals surface area contributed by atoms with Crippen LogP contribution in [0, 0.1) is 0 Å². The summed E-state index contributed by atoms with van der Waals surface area (Å²) >= 11 is 3.50. The molecule has 5 nitrogen and oxygen atoms in total. The fourth-order valence-corrected chi connectivity index (χ4v) is 2.54. The summed E-state index contributed by atoms with van der Waals surface area (Å²) < 4.78 is 2.98. The summed E-state index contributed by atoms with van der Waals surface area (Å²) in [6.07, 6.45) is 3.77. The molecule has 2 rings (SSSR count). The molecule has 0 atom stereocenters. The van der Waals surface area contributed by atoms with Gasteiger partial charge in [-0.05, 0) is 17.7 Å². The number of aromatic nitrogens is 2. The number of nitrogens with two attached hydrogens (primary N) is 1. The molecule has 2 aromatic rings. The summed E-state index contributed by atoms with van der Waals surface area (Å²) in [5.74, 6) is 6.23. The monoisotopic (exact) mass is 336 g/mol. The number of carbonyl (C=O) groups excluding carboxylic acids is 1. The predicted octanol–water partition coefficient (Wildman–Crippen LogP) is 2.42. The maximum absolute atomic E-state index is 11.5. The van der Waals surface area contributed by atoms with Gasteiger partial charge in [-0.3, -0.25) is 10.2 Å². The normalized spacial score (nSPS) is 10.8. The first kappa shape index (κ1) is 14.7. The van der Waals surface area contributed by atoms with Gasteiger partial charge in [0, 0.05) is 34.9 Å². The summed E-state index contributed by atoms with van der Waals surface area (Å²) in [7, 11) is 0. The Morgan fingerprint density at radius 2 is 2.25 bits per heavy atom. The lowest BCUT2D eigenvalue weighted by Gasteiger charge is -2.12. The van der Waals surface area contributed by atoms with Crippen molar-refractivity contribution in [1.29, 1.82) is 0 Å². The maximum Gasteiger partial charge on any atom is 0.265 e. The predicted molar refractivity (Wildman–Crippen MR) is 81.2 cm³/mol. The van der Waals surface area contributed by atoms with Gasteiger partial charge in [-0.1, -0.05) is 35.8 Å². The average Bonchev–Trinajstić information content (AvgIpc) is 2.88. The molecule has 0 spiro atoms. The van der Waals surface area contributed by atoms with Crippen molar-refractivity contribution in [2.75, 3.05) is 0 Å². The van der Waals surface area contributed by atoms with Crippen LogP contribution in [0.3, 0.4) is 0 Å². The second-order valence-electron chi connectivity index (χ2n) is 4.85. The largest absolute Gasteiger partial charge is 0.330 e. The van der Waals surface area contributed by atoms with Crippen LogP contribution < -0.4 is 11.3 Å². The van der Waals surface area contributed by atoms with Crippen LogP contribution in [0.4, 0.5) is 0 Å². The molecular formula is C14H17BrN4O. The van der Waals surface area contributed by atoms with E-state index >= 15 is 0 Å². The topological polar surface area (TPSA) is 72.9 Å². The van der Waals surface area contributed by atoms with Gasteiger partial charge in [-0.15, -0.1) is 0 Å². The summed E-state index contributed by atoms with van der Waals surface area (Å²) in [6.45, 7) is 4.93. The highest BCUT2D eigenvalue weighted by Crippen LogP contribution is 2.21. The number of imidazole rings is 1. The highest BCUT2D eigenvalue weighted by atomic mass is 79.9. The minimum atomic E-state index is -0.303. The van der Waals surface area contributed by atoms with Gasteiger partial charge in [-0.2, -0.15) is 0 Å². The van der Waals surface area contributed by atoms with Gasteiger partial charge in [0.2, 0.25) is 0 Å². The molecule has 1 aromatic heterocycles. The summed E-state index contributed by atoms with van der Waals surface area (Å²) in [6, 6.07) is 5.44. The molecule has 0 saturated carbocycles. The van der Waals surface area contributed by atoms with Crippen LogP contribution in [0.25, 0.3) is 0 Å². The van der Waals surface area contributed by atoms with Crippen LogP contribution in [0.15, 0.2) is 35.1 Å². The molecule has 0 unspecified atom stereocenters. The number of carbonyl (C=O) groups is 1. The molecule has 0 saturated heterocycles. The number of hydrazine groups is 1. The number of amides is 1. The van der Waals surface area contributed by atoms with E-state index in [2.05, 4.69) is 44.8 Å². The fraction of sp³-hybridized carbons (Fsp3) is 0.286. The van der Waals surface area contributed by atoms with Crippen LogP contribution in [0.1, 0.15) is 41.5 Å². The van der Waals surface area contributed by atoms with Gasteiger partial charge in [-0.25, -0.2) is 10.8 Å². The Balaban J connectivity index is 2.26. The van der Waals surface area contributed by atoms with E-state index in [0.717, 1.165) is 15.9 Å². The van der Waals surface area contributed by atoms with E-state index in [9.17, 15) is 4.79 Å². The molecule has 0 aliphatic heterocycles. The third kappa shape index (κ3) is 3.08. The molecule has 0 aliphatic carbocycles. The van der Waals surface area contributed by atoms with Crippen molar-refractivity contribution in [2.45, 2.75) is 26.3 Å². The molecule has 1 amide bonds. The molecule has 20 heavy (non-hydrogen) atoms. The Morgan fingerprint density at radius 3 is 2.85 bits per heavy atom. The van der Waals surface area contributed by atoms with Crippen molar-refractivity contribution in [3.63, 3.8) is 0 Å². The number of nitrogens with zero attached hydrogens (tertiary/aromatic N) is 2. The first-order valence-electron chi connectivity index (χ1n) is 6.33. The first-order chi connectivity index (χ1) is 9.52. The Kier molecular flexibility index (Phi) is 4.57. The lowest BCUT2D eigenvalue weighted by Crippen LogP contribution is -2.29. The van der Waals surface area contributed by atoms with E-state index in [1.165, 1.54) is 0 Å². The smallest absolute Gasteiger partial charge is 0.265 e. The Labute approximate surface area is 126 Å². The van der Waals surface area contributed by atoms with Crippen LogP contribution in [-0.4, -0.2) is 15.5 Å². The number of nitrogen functional groups attached to an aromatic ring is 1. The maximum atomic E-state index is 11.5. The van der Waals surface area contributed by atoms with Gasteiger partial charge in [0.05, 0.1) is 0 Å². The molecule has 3 N–H and O–H groups in total. The second-order valence-corrected chi connectivity index (χ2v) is 5.70. The van der Waals surface area contributed by atoms with Crippen molar-refractivity contribution in [2.24, 2.45) is 5.84 Å². The zero-order valence-corrected chi connectivity index (χ0v) is 13.0. The molecule has 6 heteroatoms. The SMILES string of the molecule is CC(C)c1nccn1Cc1ccc(C(=O)NN)cc1Br. The summed E-state index contributed by atoms with van der Waals surface area (Å²) in [5, 5.41) is 0. The van der Waals surface area contributed by atoms with Crippen LogP contribution in [0.2, 0.25) is 0 Å². The number of rotatable bonds is 4. The zero-order valence-electron chi connectivity index (χ0n) is 11.4. The minimum absolute atomic E-state index is 0.303. The Morgan fingerprint density at radius 1 is 1.50 bits per heavy atom. The van der Waals surface area contributed by atoms with Crippen molar-refractivity contribution in [3.8, 4) is 0 Å². The third-order valence-corrected chi connectivity index (χ3v) is 3.79. The molecule has 0 fully saturated rings. The van der Waals surface area contributed by atoms with E-state index in [0.29, 0.717) is 18.0 Å². The number of halogens is 1. The second kappa shape index (κ2) is 6.19. The van der Waals surface area contributed by atoms with Crippen molar-refractivity contribution in [1.82, 2.24) is 15.0 Å². The Bertz CT molecular complexity index is 621. The summed E-state index contributed by atoms with van der Waals surface area (Å²) in [4.78, 5) is 15.8. The fourth-order valence-electron chi connectivity index (χ4n) is 2.04. The molecule has 1 aromatic carbocycles. The zero-order chi connectivity index (χ0) is 14.7. The van der Waals surface area contributed by atoms with E-state index in [1.807, 2.05) is 12.3 Å². The first-order valence-corrected chi connectivity index (χ1v) is 7.12. The highest BCUT2D eigenvalue weighted by molar-refractivity contribution is 9.10. The quantitative estimate of drug-likeness (QED) is 0.511. The Hall–Kier alpha value is -1.66. The molecule has 106 valence electrons. The van der Waals surface area contributed by atoms with Crippen LogP contribution >= 0.6 is 15.9 Å². The van der Waals surface area contributed by atoms with E-state index in [1.54, 1.807) is 18.3 Å². The molecule has 1 heterocycles. The molecule has 0 bridgehead atoms. The molecule has 0 aliphatic rings. The number of hydrogen-bond acceptors (Lipinski definition) is 3. The van der Waals surface area contributed by atoms with Gasteiger partial charge in [0.25, 0.3) is 5.91 Å². The molecule has 0 radical (unpaired) electrons. The van der Waals surface area contributed by atoms with Gasteiger partial charge >= 0.3 is 0 Å². The van der Waals surface area contributed by atoms with Crippen molar-refractivity contribution < 1.29 is 4.79 Å². The highest BCUT2D eigenvalue weighted by Gasteiger charge is 2.11. The minimum Gasteiger partial charge on any atom is -0.330 e. The van der Waals surface area contributed by atoms with Crippen LogP contribution in [-0.2, 0) is 6.54 Å². The third-order valence-electron chi connectivity index (χ3n) is 3.05. The van der Waals surface area contributed by atoms with E-state index < -0.39 is 0 Å².